The average molecular weight is 273 g/mol. The number of aromatic nitrogens is 1. The van der Waals surface area contributed by atoms with Crippen LogP contribution in [0.2, 0.25) is 0 Å². The van der Waals surface area contributed by atoms with Crippen LogP contribution in [0.25, 0.3) is 0 Å². The van der Waals surface area contributed by atoms with Crippen molar-refractivity contribution in [1.29, 1.82) is 0 Å². The Hall–Kier alpha value is -1.58. The Kier molecular flexibility index (Phi) is 4.19. The highest BCUT2D eigenvalue weighted by atomic mass is 16.2. The Bertz CT molecular complexity index is 447. The van der Waals surface area contributed by atoms with Gasteiger partial charge in [-0.1, -0.05) is 25.7 Å². The molecule has 1 aromatic heterocycles. The number of carbonyl (C=O) groups excluding carboxylic acids is 1. The summed E-state index contributed by atoms with van der Waals surface area (Å²) < 4.78 is 0. The minimum atomic E-state index is 0.122. The first-order valence-electron chi connectivity index (χ1n) is 7.85. The number of anilines is 2. The number of carbonyl (C=O) groups is 1. The van der Waals surface area contributed by atoms with Crippen LogP contribution in [0.1, 0.15) is 51.4 Å². The zero-order valence-corrected chi connectivity index (χ0v) is 11.9. The molecule has 4 nitrogen and oxygen atoms in total. The van der Waals surface area contributed by atoms with Gasteiger partial charge in [0.15, 0.2) is 0 Å². The molecule has 0 aliphatic heterocycles. The van der Waals surface area contributed by atoms with Crippen LogP contribution in [0.15, 0.2) is 18.3 Å². The lowest BCUT2D eigenvalue weighted by Crippen LogP contribution is -2.28. The number of hydrogen-bond acceptors (Lipinski definition) is 3. The highest BCUT2D eigenvalue weighted by Gasteiger charge is 2.25. The summed E-state index contributed by atoms with van der Waals surface area (Å²) in [4.78, 5) is 16.2. The molecule has 0 atom stereocenters. The molecule has 3 rings (SSSR count). The van der Waals surface area contributed by atoms with Gasteiger partial charge in [-0.05, 0) is 37.8 Å². The predicted octanol–water partition coefficient (Wildman–Crippen LogP) is 3.56. The molecule has 20 heavy (non-hydrogen) atoms. The molecule has 108 valence electrons. The van der Waals surface area contributed by atoms with Gasteiger partial charge in [-0.2, -0.15) is 0 Å². The van der Waals surface area contributed by atoms with E-state index in [4.69, 9.17) is 0 Å². The van der Waals surface area contributed by atoms with Crippen LogP contribution in [0.5, 0.6) is 0 Å². The van der Waals surface area contributed by atoms with E-state index in [0.717, 1.165) is 18.5 Å². The van der Waals surface area contributed by atoms with E-state index >= 15 is 0 Å². The van der Waals surface area contributed by atoms with E-state index < -0.39 is 0 Å². The third-order valence-electron chi connectivity index (χ3n) is 4.47. The fraction of sp³-hybridized carbons (Fsp3) is 0.625. The van der Waals surface area contributed by atoms with Gasteiger partial charge in [0.1, 0.15) is 5.82 Å². The number of rotatable bonds is 4. The molecule has 1 heterocycles. The third kappa shape index (κ3) is 3.30. The van der Waals surface area contributed by atoms with Crippen molar-refractivity contribution in [3.63, 3.8) is 0 Å². The van der Waals surface area contributed by atoms with Gasteiger partial charge < -0.3 is 10.6 Å². The predicted molar refractivity (Wildman–Crippen MR) is 80.7 cm³/mol. The quantitative estimate of drug-likeness (QED) is 0.882. The molecule has 0 unspecified atom stereocenters. The molecule has 2 aliphatic rings. The van der Waals surface area contributed by atoms with E-state index in [-0.39, 0.29) is 11.8 Å². The molecule has 2 aliphatic carbocycles. The summed E-state index contributed by atoms with van der Waals surface area (Å²) in [5, 5.41) is 6.43. The van der Waals surface area contributed by atoms with Crippen molar-refractivity contribution in [2.24, 2.45) is 5.92 Å². The maximum Gasteiger partial charge on any atom is 0.228 e. The van der Waals surface area contributed by atoms with Gasteiger partial charge in [0.2, 0.25) is 5.91 Å². The van der Waals surface area contributed by atoms with Crippen molar-refractivity contribution in [2.45, 2.75) is 57.4 Å². The highest BCUT2D eigenvalue weighted by Crippen LogP contribution is 2.27. The summed E-state index contributed by atoms with van der Waals surface area (Å²) in [6.07, 6.45) is 11.5. The summed E-state index contributed by atoms with van der Waals surface area (Å²) in [6.45, 7) is 0. The van der Waals surface area contributed by atoms with Crippen LogP contribution >= 0.6 is 0 Å². The normalized spacial score (nSPS) is 20.2. The smallest absolute Gasteiger partial charge is 0.228 e. The van der Waals surface area contributed by atoms with Crippen LogP contribution in [-0.2, 0) is 4.79 Å². The third-order valence-corrected chi connectivity index (χ3v) is 4.47. The second-order valence-electron chi connectivity index (χ2n) is 6.03. The monoisotopic (exact) mass is 273 g/mol. The molecule has 2 saturated carbocycles. The van der Waals surface area contributed by atoms with Crippen molar-refractivity contribution in [2.75, 3.05) is 10.6 Å². The minimum Gasteiger partial charge on any atom is -0.381 e. The van der Waals surface area contributed by atoms with E-state index in [1.807, 2.05) is 18.3 Å². The molecule has 0 bridgehead atoms. The number of nitrogens with one attached hydrogen (secondary N) is 2. The minimum absolute atomic E-state index is 0.122. The van der Waals surface area contributed by atoms with Gasteiger partial charge in [0.25, 0.3) is 0 Å². The van der Waals surface area contributed by atoms with Gasteiger partial charge >= 0.3 is 0 Å². The van der Waals surface area contributed by atoms with Gasteiger partial charge in [-0.3, -0.25) is 4.79 Å². The Morgan fingerprint density at radius 2 is 1.85 bits per heavy atom. The number of hydrogen-bond donors (Lipinski definition) is 2. The molecular weight excluding hydrogens is 250 g/mol. The summed E-state index contributed by atoms with van der Waals surface area (Å²) in [5.74, 6) is 0.990. The Balaban J connectivity index is 1.52. The lowest BCUT2D eigenvalue weighted by Gasteiger charge is -2.24. The molecule has 0 aromatic carbocycles. The van der Waals surface area contributed by atoms with Crippen molar-refractivity contribution in [3.05, 3.63) is 18.3 Å². The number of amides is 1. The molecule has 1 aromatic rings. The maximum atomic E-state index is 11.8. The molecule has 0 radical (unpaired) electrons. The molecule has 0 spiro atoms. The fourth-order valence-electron chi connectivity index (χ4n) is 2.93. The fourth-order valence-corrected chi connectivity index (χ4v) is 2.93. The van der Waals surface area contributed by atoms with Gasteiger partial charge in [0.05, 0.1) is 11.9 Å². The summed E-state index contributed by atoms with van der Waals surface area (Å²) in [7, 11) is 0. The molecule has 1 amide bonds. The largest absolute Gasteiger partial charge is 0.381 e. The highest BCUT2D eigenvalue weighted by molar-refractivity contribution is 5.92. The Morgan fingerprint density at radius 1 is 1.05 bits per heavy atom. The zero-order valence-electron chi connectivity index (χ0n) is 11.9. The summed E-state index contributed by atoms with van der Waals surface area (Å²) >= 11 is 0. The van der Waals surface area contributed by atoms with Crippen molar-refractivity contribution in [1.82, 2.24) is 4.98 Å². The van der Waals surface area contributed by atoms with E-state index in [1.54, 1.807) is 0 Å². The molecule has 4 heteroatoms. The number of nitrogens with zero attached hydrogens (tertiary/aromatic N) is 1. The van der Waals surface area contributed by atoms with E-state index in [0.29, 0.717) is 11.9 Å². The van der Waals surface area contributed by atoms with Crippen molar-refractivity contribution in [3.8, 4) is 0 Å². The number of pyridine rings is 1. The maximum absolute atomic E-state index is 11.8. The van der Waals surface area contributed by atoms with Crippen molar-refractivity contribution >= 4 is 17.4 Å². The first-order valence-corrected chi connectivity index (χ1v) is 7.85. The van der Waals surface area contributed by atoms with Gasteiger partial charge in [-0.25, -0.2) is 4.98 Å². The zero-order chi connectivity index (χ0) is 13.8. The van der Waals surface area contributed by atoms with E-state index in [1.165, 1.54) is 38.5 Å². The van der Waals surface area contributed by atoms with E-state index in [2.05, 4.69) is 15.6 Å². The summed E-state index contributed by atoms with van der Waals surface area (Å²) in [6, 6.07) is 4.49. The molecule has 0 saturated heterocycles. The second-order valence-corrected chi connectivity index (χ2v) is 6.03. The standard InChI is InChI=1S/C16H23N3O/c20-16(12-5-4-6-12)19-15-10-9-14(11-17-15)18-13-7-2-1-3-8-13/h9-13,18H,1-8H2,(H,17,19,20). The second kappa shape index (κ2) is 6.25. The van der Waals surface area contributed by atoms with Gasteiger partial charge in [0, 0.05) is 12.0 Å². The van der Waals surface area contributed by atoms with E-state index in [9.17, 15) is 4.79 Å². The first kappa shape index (κ1) is 13.4. The SMILES string of the molecule is O=C(Nc1ccc(NC2CCCCC2)cn1)C1CCC1. The van der Waals surface area contributed by atoms with Crippen molar-refractivity contribution < 1.29 is 4.79 Å². The topological polar surface area (TPSA) is 54.0 Å². The Labute approximate surface area is 120 Å². The molecular formula is C16H23N3O. The van der Waals surface area contributed by atoms with Crippen LogP contribution < -0.4 is 10.6 Å². The first-order chi connectivity index (χ1) is 9.81. The average Bonchev–Trinajstić information content (AvgIpc) is 2.40. The lowest BCUT2D eigenvalue weighted by atomic mass is 9.85. The lowest BCUT2D eigenvalue weighted by molar-refractivity contribution is -0.122. The van der Waals surface area contributed by atoms with Gasteiger partial charge in [-0.15, -0.1) is 0 Å². The molecule has 2 fully saturated rings. The summed E-state index contributed by atoms with van der Waals surface area (Å²) in [5.41, 5.74) is 1.05. The van der Waals surface area contributed by atoms with Crippen LogP contribution in [0.3, 0.4) is 0 Å². The van der Waals surface area contributed by atoms with Crippen LogP contribution in [-0.4, -0.2) is 16.9 Å². The molecule has 2 N–H and O–H groups in total. The Morgan fingerprint density at radius 3 is 2.45 bits per heavy atom. The van der Waals surface area contributed by atoms with Crippen LogP contribution in [0.4, 0.5) is 11.5 Å². The van der Waals surface area contributed by atoms with Crippen LogP contribution in [0, 0.1) is 5.92 Å².